The van der Waals surface area contributed by atoms with Crippen molar-refractivity contribution >= 4 is 11.6 Å². The maximum absolute atomic E-state index is 12.1. The molecule has 4 nitrogen and oxygen atoms in total. The van der Waals surface area contributed by atoms with E-state index in [1.54, 1.807) is 12.1 Å². The molecule has 0 aliphatic carbocycles. The van der Waals surface area contributed by atoms with Crippen molar-refractivity contribution < 1.29 is 9.53 Å². The Bertz CT molecular complexity index is 651. The van der Waals surface area contributed by atoms with Crippen molar-refractivity contribution in [1.29, 1.82) is 0 Å². The summed E-state index contributed by atoms with van der Waals surface area (Å²) in [7, 11) is 0. The lowest BCUT2D eigenvalue weighted by Gasteiger charge is -2.13. The number of carbonyl (C=O) groups is 1. The number of ether oxygens (including phenoxy) is 1. The number of hydrogen-bond acceptors (Lipinski definition) is 3. The highest BCUT2D eigenvalue weighted by atomic mass is 16.5. The number of nitrogen functional groups attached to an aromatic ring is 1. The highest BCUT2D eigenvalue weighted by molar-refractivity contribution is 5.78. The highest BCUT2D eigenvalue weighted by Gasteiger charge is 2.07. The summed E-state index contributed by atoms with van der Waals surface area (Å²) in [4.78, 5) is 12.1. The number of benzene rings is 2. The lowest BCUT2D eigenvalue weighted by Crippen LogP contribution is -2.24. The molecule has 4 heteroatoms. The van der Waals surface area contributed by atoms with E-state index in [9.17, 15) is 4.79 Å². The van der Waals surface area contributed by atoms with Gasteiger partial charge in [0, 0.05) is 17.8 Å². The molecule has 0 saturated carbocycles. The summed E-state index contributed by atoms with van der Waals surface area (Å²) in [5.74, 6) is 1.43. The second kappa shape index (κ2) is 8.96. The number of nitrogens with two attached hydrogens (primary N) is 1. The Morgan fingerprint density at radius 1 is 1.12 bits per heavy atom. The van der Waals surface area contributed by atoms with Gasteiger partial charge in [0.05, 0.1) is 13.0 Å². The number of para-hydroxylation sites is 1. The average Bonchev–Trinajstić information content (AvgIpc) is 2.56. The van der Waals surface area contributed by atoms with E-state index >= 15 is 0 Å². The molecule has 2 aromatic carbocycles. The average molecular weight is 326 g/mol. The van der Waals surface area contributed by atoms with Gasteiger partial charge in [0.2, 0.25) is 5.91 Å². The largest absolute Gasteiger partial charge is 0.493 e. The number of carbonyl (C=O) groups excluding carboxylic acids is 1. The summed E-state index contributed by atoms with van der Waals surface area (Å²) in [5.41, 5.74) is 8.29. The zero-order chi connectivity index (χ0) is 17.4. The Kier molecular flexibility index (Phi) is 6.67. The summed E-state index contributed by atoms with van der Waals surface area (Å²) in [6.45, 7) is 5.50. The van der Waals surface area contributed by atoms with Gasteiger partial charge >= 0.3 is 0 Å². The molecule has 128 valence electrons. The Hall–Kier alpha value is -2.49. The normalized spacial score (nSPS) is 10.6. The minimum atomic E-state index is -0.0169. The van der Waals surface area contributed by atoms with Crippen molar-refractivity contribution in [2.24, 2.45) is 5.92 Å². The van der Waals surface area contributed by atoms with Crippen LogP contribution >= 0.6 is 0 Å². The molecule has 0 aliphatic rings. The molecule has 2 rings (SSSR count). The fourth-order valence-electron chi connectivity index (χ4n) is 2.27. The topological polar surface area (TPSA) is 64.3 Å². The zero-order valence-corrected chi connectivity index (χ0v) is 14.4. The van der Waals surface area contributed by atoms with Crippen LogP contribution in [-0.4, -0.2) is 12.5 Å². The molecule has 0 spiro atoms. The van der Waals surface area contributed by atoms with Crippen molar-refractivity contribution in [2.45, 2.75) is 33.2 Å². The van der Waals surface area contributed by atoms with E-state index in [0.29, 0.717) is 31.2 Å². The van der Waals surface area contributed by atoms with E-state index < -0.39 is 0 Å². The van der Waals surface area contributed by atoms with E-state index in [0.717, 1.165) is 23.3 Å². The Balaban J connectivity index is 1.86. The van der Waals surface area contributed by atoms with Gasteiger partial charge in [0.1, 0.15) is 5.75 Å². The summed E-state index contributed by atoms with van der Waals surface area (Å²) in [6.07, 6.45) is 1.36. The van der Waals surface area contributed by atoms with Gasteiger partial charge in [-0.05, 0) is 36.1 Å². The van der Waals surface area contributed by atoms with E-state index in [-0.39, 0.29) is 5.91 Å². The molecule has 0 bridgehead atoms. The minimum absolute atomic E-state index is 0.0169. The fourth-order valence-corrected chi connectivity index (χ4v) is 2.27. The van der Waals surface area contributed by atoms with E-state index in [1.165, 1.54) is 0 Å². The van der Waals surface area contributed by atoms with E-state index in [4.69, 9.17) is 10.5 Å². The molecule has 0 atom stereocenters. The summed E-state index contributed by atoms with van der Waals surface area (Å²) in [5, 5.41) is 2.95. The van der Waals surface area contributed by atoms with Crippen LogP contribution in [0.25, 0.3) is 0 Å². The quantitative estimate of drug-likeness (QED) is 0.729. The highest BCUT2D eigenvalue weighted by Crippen LogP contribution is 2.18. The Morgan fingerprint density at radius 3 is 2.54 bits per heavy atom. The van der Waals surface area contributed by atoms with Gasteiger partial charge in [-0.1, -0.05) is 44.2 Å². The first-order valence-corrected chi connectivity index (χ1v) is 8.36. The third kappa shape index (κ3) is 5.95. The van der Waals surface area contributed by atoms with Crippen molar-refractivity contribution in [3.63, 3.8) is 0 Å². The van der Waals surface area contributed by atoms with Crippen LogP contribution in [0, 0.1) is 5.92 Å². The summed E-state index contributed by atoms with van der Waals surface area (Å²) >= 11 is 0. The number of amides is 1. The lowest BCUT2D eigenvalue weighted by molar-refractivity contribution is -0.120. The molecule has 0 saturated heterocycles. The molecule has 0 aliphatic heterocycles. The Morgan fingerprint density at radius 2 is 1.83 bits per heavy atom. The van der Waals surface area contributed by atoms with Crippen LogP contribution in [0.1, 0.15) is 31.4 Å². The van der Waals surface area contributed by atoms with Crippen LogP contribution in [0.4, 0.5) is 5.69 Å². The van der Waals surface area contributed by atoms with Gasteiger partial charge in [-0.3, -0.25) is 4.79 Å². The van der Waals surface area contributed by atoms with Crippen LogP contribution in [-0.2, 0) is 17.8 Å². The maximum Gasteiger partial charge on any atom is 0.224 e. The molecule has 0 fully saturated rings. The van der Waals surface area contributed by atoms with Crippen LogP contribution in [0.3, 0.4) is 0 Å². The second-order valence-corrected chi connectivity index (χ2v) is 6.33. The fraction of sp³-hybridized carbons (Fsp3) is 0.350. The van der Waals surface area contributed by atoms with Crippen molar-refractivity contribution in [3.05, 3.63) is 59.7 Å². The SMILES string of the molecule is CC(C)CCOc1ccccc1CNC(=O)Cc1ccc(N)cc1. The first-order chi connectivity index (χ1) is 11.5. The third-order valence-corrected chi connectivity index (χ3v) is 3.75. The first-order valence-electron chi connectivity index (χ1n) is 8.36. The molecule has 0 radical (unpaired) electrons. The van der Waals surface area contributed by atoms with Crippen LogP contribution in [0.15, 0.2) is 48.5 Å². The predicted octanol–water partition coefficient (Wildman–Crippen LogP) is 3.55. The van der Waals surface area contributed by atoms with Crippen molar-refractivity contribution in [1.82, 2.24) is 5.32 Å². The molecular weight excluding hydrogens is 300 g/mol. The Labute approximate surface area is 144 Å². The minimum Gasteiger partial charge on any atom is -0.493 e. The number of rotatable bonds is 8. The second-order valence-electron chi connectivity index (χ2n) is 6.33. The van der Waals surface area contributed by atoms with Crippen molar-refractivity contribution in [2.75, 3.05) is 12.3 Å². The van der Waals surface area contributed by atoms with Gasteiger partial charge in [0.15, 0.2) is 0 Å². The molecule has 0 heterocycles. The van der Waals surface area contributed by atoms with Gasteiger partial charge in [-0.2, -0.15) is 0 Å². The molecule has 3 N–H and O–H groups in total. The van der Waals surface area contributed by atoms with Gasteiger partial charge in [-0.25, -0.2) is 0 Å². The predicted molar refractivity (Wildman–Crippen MR) is 97.8 cm³/mol. The van der Waals surface area contributed by atoms with Crippen LogP contribution < -0.4 is 15.8 Å². The zero-order valence-electron chi connectivity index (χ0n) is 14.4. The monoisotopic (exact) mass is 326 g/mol. The van der Waals surface area contributed by atoms with Gasteiger partial charge < -0.3 is 15.8 Å². The van der Waals surface area contributed by atoms with Crippen molar-refractivity contribution in [3.8, 4) is 5.75 Å². The molecule has 1 amide bonds. The standard InChI is InChI=1S/C20H26N2O2/c1-15(2)11-12-24-19-6-4-3-5-17(19)14-22-20(23)13-16-7-9-18(21)10-8-16/h3-10,15H,11-14,21H2,1-2H3,(H,22,23). The van der Waals surface area contributed by atoms with Crippen LogP contribution in [0.2, 0.25) is 0 Å². The number of hydrogen-bond donors (Lipinski definition) is 2. The smallest absolute Gasteiger partial charge is 0.224 e. The summed E-state index contributed by atoms with van der Waals surface area (Å²) in [6, 6.07) is 15.2. The first kappa shape index (κ1) is 17.9. The molecule has 24 heavy (non-hydrogen) atoms. The van der Waals surface area contributed by atoms with Crippen LogP contribution in [0.5, 0.6) is 5.75 Å². The van der Waals surface area contributed by atoms with E-state index in [1.807, 2.05) is 36.4 Å². The van der Waals surface area contributed by atoms with Gasteiger partial charge in [-0.15, -0.1) is 0 Å². The van der Waals surface area contributed by atoms with Gasteiger partial charge in [0.25, 0.3) is 0 Å². The lowest BCUT2D eigenvalue weighted by atomic mass is 10.1. The molecule has 2 aromatic rings. The third-order valence-electron chi connectivity index (χ3n) is 3.75. The molecular formula is C20H26N2O2. The number of nitrogens with one attached hydrogen (secondary N) is 1. The maximum atomic E-state index is 12.1. The molecule has 0 aromatic heterocycles. The molecule has 0 unspecified atom stereocenters. The van der Waals surface area contributed by atoms with E-state index in [2.05, 4.69) is 19.2 Å². The summed E-state index contributed by atoms with van der Waals surface area (Å²) < 4.78 is 5.85. The number of anilines is 1.